The van der Waals surface area contributed by atoms with Crippen molar-refractivity contribution in [1.29, 1.82) is 0 Å². The standard InChI is InChI=1S/C17H24N2OS/c1-3-10-18-14-9-8-12(2)11-16(14)21-17-19-13-6-4-5-7-15(13)20-17/h4-7,12,14,16,18H,3,8-11H2,1-2H3. The van der Waals surface area contributed by atoms with Gasteiger partial charge in [-0.05, 0) is 50.3 Å². The summed E-state index contributed by atoms with van der Waals surface area (Å²) >= 11 is 1.81. The number of hydrogen-bond donors (Lipinski definition) is 1. The molecule has 1 aromatic heterocycles. The van der Waals surface area contributed by atoms with Gasteiger partial charge < -0.3 is 9.73 Å². The van der Waals surface area contributed by atoms with E-state index in [2.05, 4.69) is 24.1 Å². The Bertz CT molecular complexity index is 548. The predicted octanol–water partition coefficient (Wildman–Crippen LogP) is 4.48. The summed E-state index contributed by atoms with van der Waals surface area (Å²) in [5.41, 5.74) is 1.85. The van der Waals surface area contributed by atoms with Crippen molar-refractivity contribution in [3.63, 3.8) is 0 Å². The van der Waals surface area contributed by atoms with Crippen LogP contribution in [0.2, 0.25) is 0 Å². The molecule has 1 aromatic carbocycles. The summed E-state index contributed by atoms with van der Waals surface area (Å²) in [6.07, 6.45) is 5.02. The third kappa shape index (κ3) is 3.61. The zero-order valence-corrected chi connectivity index (χ0v) is 13.7. The van der Waals surface area contributed by atoms with Gasteiger partial charge in [0.25, 0.3) is 5.22 Å². The molecule has 1 fully saturated rings. The van der Waals surface area contributed by atoms with Crippen molar-refractivity contribution in [3.05, 3.63) is 24.3 Å². The Morgan fingerprint density at radius 3 is 3.00 bits per heavy atom. The van der Waals surface area contributed by atoms with Crippen molar-refractivity contribution in [2.45, 2.75) is 56.0 Å². The van der Waals surface area contributed by atoms with Crippen molar-refractivity contribution in [2.75, 3.05) is 6.54 Å². The first kappa shape index (κ1) is 14.9. The van der Waals surface area contributed by atoms with Gasteiger partial charge in [-0.1, -0.05) is 37.7 Å². The Hall–Kier alpha value is -1.00. The molecule has 3 unspecified atom stereocenters. The molecular formula is C17H24N2OS. The number of aromatic nitrogens is 1. The van der Waals surface area contributed by atoms with E-state index in [9.17, 15) is 0 Å². The van der Waals surface area contributed by atoms with Crippen LogP contribution in [-0.4, -0.2) is 22.8 Å². The summed E-state index contributed by atoms with van der Waals surface area (Å²) in [5, 5.41) is 5.09. The van der Waals surface area contributed by atoms with Crippen molar-refractivity contribution in [3.8, 4) is 0 Å². The van der Waals surface area contributed by atoms with E-state index in [-0.39, 0.29) is 0 Å². The average Bonchev–Trinajstić information content (AvgIpc) is 2.88. The Kier molecular flexibility index (Phi) is 4.86. The summed E-state index contributed by atoms with van der Waals surface area (Å²) in [6.45, 7) is 5.68. The zero-order valence-electron chi connectivity index (χ0n) is 12.8. The molecule has 0 amide bonds. The van der Waals surface area contributed by atoms with E-state index in [1.807, 2.05) is 36.0 Å². The molecule has 1 saturated carbocycles. The van der Waals surface area contributed by atoms with Gasteiger partial charge in [-0.25, -0.2) is 4.98 Å². The van der Waals surface area contributed by atoms with Gasteiger partial charge in [0.1, 0.15) is 5.52 Å². The second-order valence-electron chi connectivity index (χ2n) is 6.08. The maximum absolute atomic E-state index is 5.88. The summed E-state index contributed by atoms with van der Waals surface area (Å²) in [5.74, 6) is 0.798. The molecule has 3 rings (SSSR count). The number of fused-ring (bicyclic) bond motifs is 1. The molecule has 114 valence electrons. The van der Waals surface area contributed by atoms with E-state index in [1.165, 1.54) is 25.7 Å². The molecule has 1 aliphatic carbocycles. The van der Waals surface area contributed by atoms with E-state index < -0.39 is 0 Å². The number of para-hydroxylation sites is 2. The molecule has 0 aliphatic heterocycles. The van der Waals surface area contributed by atoms with Gasteiger partial charge in [0, 0.05) is 11.3 Å². The van der Waals surface area contributed by atoms with E-state index >= 15 is 0 Å². The highest BCUT2D eigenvalue weighted by Gasteiger charge is 2.30. The number of hydrogen-bond acceptors (Lipinski definition) is 4. The monoisotopic (exact) mass is 304 g/mol. The molecule has 2 aromatic rings. The Labute approximate surface area is 130 Å². The first-order chi connectivity index (χ1) is 10.3. The topological polar surface area (TPSA) is 38.1 Å². The molecule has 4 heteroatoms. The SMILES string of the molecule is CCCNC1CCC(C)CC1Sc1nc2ccccc2o1. The van der Waals surface area contributed by atoms with Crippen LogP contribution in [0.15, 0.2) is 33.9 Å². The fourth-order valence-electron chi connectivity index (χ4n) is 3.05. The normalized spacial score (nSPS) is 26.3. The lowest BCUT2D eigenvalue weighted by Crippen LogP contribution is -2.42. The summed E-state index contributed by atoms with van der Waals surface area (Å²) in [7, 11) is 0. The van der Waals surface area contributed by atoms with Crippen LogP contribution in [0, 0.1) is 5.92 Å². The van der Waals surface area contributed by atoms with Gasteiger partial charge in [0.15, 0.2) is 5.58 Å². The molecule has 21 heavy (non-hydrogen) atoms. The third-order valence-electron chi connectivity index (χ3n) is 4.24. The van der Waals surface area contributed by atoms with Crippen molar-refractivity contribution in [1.82, 2.24) is 10.3 Å². The quantitative estimate of drug-likeness (QED) is 0.884. The first-order valence-corrected chi connectivity index (χ1v) is 8.90. The first-order valence-electron chi connectivity index (χ1n) is 8.02. The maximum atomic E-state index is 5.88. The van der Waals surface area contributed by atoms with Crippen LogP contribution < -0.4 is 5.32 Å². The summed E-state index contributed by atoms with van der Waals surface area (Å²) in [6, 6.07) is 8.59. The summed E-state index contributed by atoms with van der Waals surface area (Å²) in [4.78, 5) is 4.62. The fourth-order valence-corrected chi connectivity index (χ4v) is 4.42. The van der Waals surface area contributed by atoms with E-state index in [4.69, 9.17) is 4.42 Å². The average molecular weight is 304 g/mol. The third-order valence-corrected chi connectivity index (χ3v) is 5.44. The second kappa shape index (κ2) is 6.84. The highest BCUT2D eigenvalue weighted by Crippen LogP contribution is 2.37. The van der Waals surface area contributed by atoms with Gasteiger partial charge in [-0.2, -0.15) is 0 Å². The van der Waals surface area contributed by atoms with Crippen molar-refractivity contribution >= 4 is 22.9 Å². The Balaban J connectivity index is 1.73. The van der Waals surface area contributed by atoms with Crippen LogP contribution in [0.5, 0.6) is 0 Å². The molecule has 1 N–H and O–H groups in total. The smallest absolute Gasteiger partial charge is 0.257 e. The molecule has 3 atom stereocenters. The maximum Gasteiger partial charge on any atom is 0.257 e. The zero-order chi connectivity index (χ0) is 14.7. The second-order valence-corrected chi connectivity index (χ2v) is 7.27. The molecular weight excluding hydrogens is 280 g/mol. The van der Waals surface area contributed by atoms with Crippen molar-refractivity contribution < 1.29 is 4.42 Å². The molecule has 0 bridgehead atoms. The van der Waals surface area contributed by atoms with Crippen LogP contribution in [-0.2, 0) is 0 Å². The highest BCUT2D eigenvalue weighted by atomic mass is 32.2. The van der Waals surface area contributed by atoms with Crippen LogP contribution in [0.4, 0.5) is 0 Å². The lowest BCUT2D eigenvalue weighted by Gasteiger charge is -2.34. The molecule has 1 aliphatic rings. The fraction of sp³-hybridized carbons (Fsp3) is 0.588. The number of rotatable bonds is 5. The van der Waals surface area contributed by atoms with Gasteiger partial charge in [0.05, 0.1) is 0 Å². The van der Waals surface area contributed by atoms with E-state index in [0.29, 0.717) is 11.3 Å². The van der Waals surface area contributed by atoms with E-state index in [1.54, 1.807) is 0 Å². The minimum Gasteiger partial charge on any atom is -0.431 e. The number of oxazole rings is 1. The van der Waals surface area contributed by atoms with E-state index in [0.717, 1.165) is 28.8 Å². The van der Waals surface area contributed by atoms with Gasteiger partial charge in [0.2, 0.25) is 0 Å². The number of nitrogens with zero attached hydrogens (tertiary/aromatic N) is 1. The van der Waals surface area contributed by atoms with Crippen LogP contribution in [0.25, 0.3) is 11.1 Å². The van der Waals surface area contributed by atoms with Gasteiger partial charge in [-0.15, -0.1) is 0 Å². The molecule has 1 heterocycles. The lowest BCUT2D eigenvalue weighted by molar-refractivity contribution is 0.316. The Morgan fingerprint density at radius 1 is 1.33 bits per heavy atom. The number of thioether (sulfide) groups is 1. The number of benzene rings is 1. The van der Waals surface area contributed by atoms with Crippen LogP contribution in [0.1, 0.15) is 39.5 Å². The largest absolute Gasteiger partial charge is 0.431 e. The molecule has 0 spiro atoms. The summed E-state index contributed by atoms with van der Waals surface area (Å²) < 4.78 is 5.88. The predicted molar refractivity (Wildman–Crippen MR) is 88.8 cm³/mol. The van der Waals surface area contributed by atoms with Gasteiger partial charge >= 0.3 is 0 Å². The highest BCUT2D eigenvalue weighted by molar-refractivity contribution is 7.99. The van der Waals surface area contributed by atoms with Gasteiger partial charge in [-0.3, -0.25) is 0 Å². The van der Waals surface area contributed by atoms with Crippen molar-refractivity contribution in [2.24, 2.45) is 5.92 Å². The molecule has 3 nitrogen and oxygen atoms in total. The minimum absolute atomic E-state index is 0.563. The Morgan fingerprint density at radius 2 is 2.19 bits per heavy atom. The lowest BCUT2D eigenvalue weighted by atomic mass is 9.87. The molecule has 0 radical (unpaired) electrons. The van der Waals surface area contributed by atoms with Crippen LogP contribution >= 0.6 is 11.8 Å². The minimum atomic E-state index is 0.563. The van der Waals surface area contributed by atoms with Crippen LogP contribution in [0.3, 0.4) is 0 Å². The number of nitrogens with one attached hydrogen (secondary N) is 1. The molecule has 0 saturated heterocycles.